The van der Waals surface area contributed by atoms with E-state index in [0.29, 0.717) is 12.0 Å². The van der Waals surface area contributed by atoms with Crippen molar-refractivity contribution in [1.82, 2.24) is 0 Å². The van der Waals surface area contributed by atoms with E-state index in [2.05, 4.69) is 6.58 Å². The van der Waals surface area contributed by atoms with Gasteiger partial charge < -0.3 is 0 Å². The lowest BCUT2D eigenvalue weighted by Crippen LogP contribution is -1.86. The maximum atomic E-state index is 10.0. The highest BCUT2D eigenvalue weighted by Gasteiger charge is 1.95. The van der Waals surface area contributed by atoms with Gasteiger partial charge in [-0.3, -0.25) is 4.79 Å². The Morgan fingerprint density at radius 2 is 2.29 bits per heavy atom. The van der Waals surface area contributed by atoms with E-state index in [1.54, 1.807) is 0 Å². The summed E-state index contributed by atoms with van der Waals surface area (Å²) >= 11 is 4.99. The fourth-order valence-corrected chi connectivity index (χ4v) is 0.273. The lowest BCUT2D eigenvalue weighted by atomic mass is 10.3. The van der Waals surface area contributed by atoms with Crippen LogP contribution >= 0.6 is 11.6 Å². The lowest BCUT2D eigenvalue weighted by molar-refractivity contribution is -0.108. The van der Waals surface area contributed by atoms with Gasteiger partial charge in [0, 0.05) is 5.57 Å². The molecule has 0 fully saturated rings. The van der Waals surface area contributed by atoms with E-state index in [-0.39, 0.29) is 0 Å². The zero-order valence-electron chi connectivity index (χ0n) is 4.20. The molecule has 0 unspecified atom stereocenters. The van der Waals surface area contributed by atoms with Crippen LogP contribution in [0.5, 0.6) is 0 Å². The SMILES string of the molecule is C=C(CC)C(=O)Cl. The first-order valence-corrected chi connectivity index (χ1v) is 2.44. The van der Waals surface area contributed by atoms with E-state index in [4.69, 9.17) is 11.6 Å². The van der Waals surface area contributed by atoms with Crippen molar-refractivity contribution < 1.29 is 4.79 Å². The zero-order chi connectivity index (χ0) is 5.86. The minimum absolute atomic E-state index is 0.428. The van der Waals surface area contributed by atoms with E-state index in [0.717, 1.165) is 0 Å². The van der Waals surface area contributed by atoms with Gasteiger partial charge in [-0.2, -0.15) is 0 Å². The van der Waals surface area contributed by atoms with Crippen molar-refractivity contribution in [2.24, 2.45) is 0 Å². The Kier molecular flexibility index (Phi) is 2.68. The van der Waals surface area contributed by atoms with Gasteiger partial charge in [-0.1, -0.05) is 13.5 Å². The maximum Gasteiger partial charge on any atom is 0.247 e. The summed E-state index contributed by atoms with van der Waals surface area (Å²) < 4.78 is 0. The van der Waals surface area contributed by atoms with E-state index in [1.165, 1.54) is 0 Å². The number of halogens is 1. The third-order valence-electron chi connectivity index (χ3n) is 0.705. The van der Waals surface area contributed by atoms with Crippen LogP contribution in [0.3, 0.4) is 0 Å². The van der Waals surface area contributed by atoms with Gasteiger partial charge in [0.15, 0.2) is 0 Å². The van der Waals surface area contributed by atoms with Gasteiger partial charge in [0.05, 0.1) is 0 Å². The number of rotatable bonds is 2. The molecule has 2 heteroatoms. The summed E-state index contributed by atoms with van der Waals surface area (Å²) in [5, 5.41) is -0.428. The standard InChI is InChI=1S/C5H7ClO/c1-3-4(2)5(6)7/h2-3H2,1H3. The summed E-state index contributed by atoms with van der Waals surface area (Å²) in [5.41, 5.74) is 0.474. The Hall–Kier alpha value is -0.300. The van der Waals surface area contributed by atoms with Crippen LogP contribution in [0, 0.1) is 0 Å². The molecule has 0 saturated carbocycles. The van der Waals surface area contributed by atoms with Gasteiger partial charge in [0.25, 0.3) is 0 Å². The summed E-state index contributed by atoms with van der Waals surface area (Å²) in [5.74, 6) is 0. The van der Waals surface area contributed by atoms with Gasteiger partial charge in [-0.25, -0.2) is 0 Å². The minimum Gasteiger partial charge on any atom is -0.276 e. The van der Waals surface area contributed by atoms with Crippen LogP contribution in [0.2, 0.25) is 0 Å². The smallest absolute Gasteiger partial charge is 0.247 e. The highest BCUT2D eigenvalue weighted by molar-refractivity contribution is 6.67. The number of carbonyl (C=O) groups is 1. The first-order valence-electron chi connectivity index (χ1n) is 2.06. The largest absolute Gasteiger partial charge is 0.276 e. The Bertz CT molecular complexity index is 96.3. The summed E-state index contributed by atoms with van der Waals surface area (Å²) in [6.07, 6.45) is 0.641. The predicted molar refractivity (Wildman–Crippen MR) is 30.3 cm³/mol. The molecule has 0 aromatic heterocycles. The molecule has 0 atom stereocenters. The topological polar surface area (TPSA) is 17.1 Å². The first-order chi connectivity index (χ1) is 3.18. The maximum absolute atomic E-state index is 10.0. The Morgan fingerprint density at radius 3 is 2.29 bits per heavy atom. The average Bonchev–Trinajstić information content (AvgIpc) is 1.65. The number of hydrogen-bond donors (Lipinski definition) is 0. The predicted octanol–water partition coefficient (Wildman–Crippen LogP) is 1.72. The van der Waals surface area contributed by atoms with Crippen molar-refractivity contribution in [3.63, 3.8) is 0 Å². The molecule has 40 valence electrons. The fraction of sp³-hybridized carbons (Fsp3) is 0.400. The van der Waals surface area contributed by atoms with Crippen LogP contribution in [0.1, 0.15) is 13.3 Å². The highest BCUT2D eigenvalue weighted by Crippen LogP contribution is 1.99. The van der Waals surface area contributed by atoms with E-state index in [1.807, 2.05) is 6.92 Å². The average molecular weight is 119 g/mol. The third-order valence-corrected chi connectivity index (χ3v) is 0.972. The third kappa shape index (κ3) is 2.40. The summed E-state index contributed by atoms with van der Waals surface area (Å²) in [6, 6.07) is 0. The summed E-state index contributed by atoms with van der Waals surface area (Å²) in [6.45, 7) is 5.23. The molecule has 0 amide bonds. The van der Waals surface area contributed by atoms with Gasteiger partial charge in [0.1, 0.15) is 0 Å². The van der Waals surface area contributed by atoms with Gasteiger partial charge in [-0.05, 0) is 18.0 Å². The van der Waals surface area contributed by atoms with Crippen molar-refractivity contribution in [2.75, 3.05) is 0 Å². The van der Waals surface area contributed by atoms with E-state index >= 15 is 0 Å². The monoisotopic (exact) mass is 118 g/mol. The second-order valence-corrected chi connectivity index (χ2v) is 1.57. The second-order valence-electron chi connectivity index (χ2n) is 1.23. The molecule has 0 spiro atoms. The van der Waals surface area contributed by atoms with Crippen molar-refractivity contribution in [3.05, 3.63) is 12.2 Å². The number of carbonyl (C=O) groups excluding carboxylic acids is 1. The fourth-order valence-electron chi connectivity index (χ4n) is 0.139. The zero-order valence-corrected chi connectivity index (χ0v) is 4.96. The van der Waals surface area contributed by atoms with Crippen LogP contribution in [-0.4, -0.2) is 5.24 Å². The molecule has 0 aromatic carbocycles. The molecule has 0 aliphatic carbocycles. The molecule has 0 rings (SSSR count). The van der Waals surface area contributed by atoms with Crippen LogP contribution in [-0.2, 0) is 4.79 Å². The van der Waals surface area contributed by atoms with Crippen molar-refractivity contribution >= 4 is 16.8 Å². The van der Waals surface area contributed by atoms with Crippen LogP contribution < -0.4 is 0 Å². The van der Waals surface area contributed by atoms with Crippen LogP contribution in [0.15, 0.2) is 12.2 Å². The molecule has 0 aliphatic rings. The van der Waals surface area contributed by atoms with E-state index < -0.39 is 5.24 Å². The molecular formula is C5H7ClO. The molecule has 0 bridgehead atoms. The number of allylic oxidation sites excluding steroid dienone is 1. The van der Waals surface area contributed by atoms with Gasteiger partial charge >= 0.3 is 0 Å². The molecule has 7 heavy (non-hydrogen) atoms. The van der Waals surface area contributed by atoms with Crippen molar-refractivity contribution in [1.29, 1.82) is 0 Å². The molecule has 0 N–H and O–H groups in total. The molecule has 0 radical (unpaired) electrons. The molecular weight excluding hydrogens is 112 g/mol. The number of hydrogen-bond acceptors (Lipinski definition) is 1. The Morgan fingerprint density at radius 1 is 1.86 bits per heavy atom. The highest BCUT2D eigenvalue weighted by atomic mass is 35.5. The van der Waals surface area contributed by atoms with Crippen molar-refractivity contribution in [2.45, 2.75) is 13.3 Å². The summed E-state index contributed by atoms with van der Waals surface area (Å²) in [7, 11) is 0. The van der Waals surface area contributed by atoms with Crippen LogP contribution in [0.25, 0.3) is 0 Å². The second kappa shape index (κ2) is 2.80. The molecule has 0 aromatic rings. The molecule has 0 heterocycles. The quantitative estimate of drug-likeness (QED) is 0.399. The minimum atomic E-state index is -0.428. The van der Waals surface area contributed by atoms with Crippen LogP contribution in [0.4, 0.5) is 0 Å². The Balaban J connectivity index is 3.58. The molecule has 0 aliphatic heterocycles. The first kappa shape index (κ1) is 6.70. The summed E-state index contributed by atoms with van der Waals surface area (Å²) in [4.78, 5) is 10.0. The Labute approximate surface area is 48.0 Å². The lowest BCUT2D eigenvalue weighted by Gasteiger charge is -1.86. The molecule has 0 saturated heterocycles. The normalized spacial score (nSPS) is 8.29. The van der Waals surface area contributed by atoms with E-state index in [9.17, 15) is 4.79 Å². The van der Waals surface area contributed by atoms with Gasteiger partial charge in [-0.15, -0.1) is 0 Å². The molecule has 1 nitrogen and oxygen atoms in total. The van der Waals surface area contributed by atoms with Crippen molar-refractivity contribution in [3.8, 4) is 0 Å². The van der Waals surface area contributed by atoms with Gasteiger partial charge in [0.2, 0.25) is 5.24 Å².